The van der Waals surface area contributed by atoms with Gasteiger partial charge in [-0.15, -0.1) is 0 Å². The Balaban J connectivity index is 1.44. The van der Waals surface area contributed by atoms with Crippen LogP contribution in [0.2, 0.25) is 0 Å². The number of aromatic nitrogens is 5. The lowest BCUT2D eigenvalue weighted by Crippen LogP contribution is -2.48. The first-order chi connectivity index (χ1) is 16.3. The summed E-state index contributed by atoms with van der Waals surface area (Å²) in [5.74, 6) is 2.22. The highest BCUT2D eigenvalue weighted by atomic mass is 19.4. The van der Waals surface area contributed by atoms with E-state index in [9.17, 15) is 13.2 Å². The third-order valence-electron chi connectivity index (χ3n) is 6.21. The van der Waals surface area contributed by atoms with Crippen molar-refractivity contribution in [1.82, 2.24) is 29.4 Å². The first-order valence-corrected chi connectivity index (χ1v) is 11.2. The molecule has 3 aromatic heterocycles. The fourth-order valence-electron chi connectivity index (χ4n) is 4.26. The van der Waals surface area contributed by atoms with Gasteiger partial charge in [-0.3, -0.25) is 15.8 Å². The number of halogens is 3. The van der Waals surface area contributed by atoms with Gasteiger partial charge in [0.25, 0.3) is 0 Å². The van der Waals surface area contributed by atoms with Crippen molar-refractivity contribution >= 4 is 28.7 Å². The number of amidine groups is 2. The minimum atomic E-state index is -4.51. The molecule has 34 heavy (non-hydrogen) atoms. The number of piperidine rings is 1. The second kappa shape index (κ2) is 8.33. The number of anilines is 1. The third-order valence-corrected chi connectivity index (χ3v) is 6.21. The zero-order valence-electron chi connectivity index (χ0n) is 18.5. The number of fused-ring (bicyclic) bond motifs is 1. The molecule has 0 spiro atoms. The van der Waals surface area contributed by atoms with Crippen LogP contribution in [0.3, 0.4) is 0 Å². The molecule has 0 amide bonds. The average molecular weight is 471 g/mol. The molecule has 0 aromatic carbocycles. The van der Waals surface area contributed by atoms with E-state index in [0.29, 0.717) is 59.6 Å². The lowest BCUT2D eigenvalue weighted by Gasteiger charge is -2.35. The third kappa shape index (κ3) is 4.08. The maximum Gasteiger partial charge on any atom is 0.433 e. The van der Waals surface area contributed by atoms with Crippen molar-refractivity contribution in [2.45, 2.75) is 51.4 Å². The van der Waals surface area contributed by atoms with Crippen molar-refractivity contribution in [2.75, 3.05) is 11.9 Å². The molecular weight excluding hydrogens is 447 g/mol. The quantitative estimate of drug-likeness (QED) is 0.380. The number of nitrogens with one attached hydrogen (secondary N) is 3. The Morgan fingerprint density at radius 2 is 1.97 bits per heavy atom. The largest absolute Gasteiger partial charge is 0.433 e. The van der Waals surface area contributed by atoms with Gasteiger partial charge in [0.1, 0.15) is 29.5 Å². The number of imidazole rings is 1. The van der Waals surface area contributed by atoms with Crippen molar-refractivity contribution in [3.63, 3.8) is 0 Å². The second-order valence-corrected chi connectivity index (χ2v) is 8.60. The summed E-state index contributed by atoms with van der Waals surface area (Å²) < 4.78 is 40.6. The van der Waals surface area contributed by atoms with Gasteiger partial charge in [0, 0.05) is 43.2 Å². The number of aryl methyl sites for hydroxylation is 1. The van der Waals surface area contributed by atoms with E-state index in [-0.39, 0.29) is 12.0 Å². The number of nitrogens with zero attached hydrogens (tertiary/aromatic N) is 6. The van der Waals surface area contributed by atoms with Gasteiger partial charge in [-0.25, -0.2) is 15.0 Å². The molecule has 3 aromatic rings. The number of hydrogen-bond acceptors (Lipinski definition) is 7. The van der Waals surface area contributed by atoms with Gasteiger partial charge in [-0.05, 0) is 38.3 Å². The monoisotopic (exact) mass is 471 g/mol. The predicted octanol–water partition coefficient (Wildman–Crippen LogP) is 4.17. The molecule has 1 saturated carbocycles. The summed E-state index contributed by atoms with van der Waals surface area (Å²) in [5.41, 5.74) is 0.584. The van der Waals surface area contributed by atoms with Crippen molar-refractivity contribution in [3.05, 3.63) is 30.4 Å². The normalized spacial score (nSPS) is 19.0. The van der Waals surface area contributed by atoms with Gasteiger partial charge in [-0.1, -0.05) is 0 Å². The summed E-state index contributed by atoms with van der Waals surface area (Å²) in [6, 6.07) is 2.27. The molecule has 5 rings (SSSR count). The molecule has 9 nitrogen and oxygen atoms in total. The van der Waals surface area contributed by atoms with E-state index in [4.69, 9.17) is 10.8 Å². The van der Waals surface area contributed by atoms with E-state index in [1.807, 2.05) is 11.5 Å². The van der Waals surface area contributed by atoms with Crippen LogP contribution in [0.4, 0.5) is 19.0 Å². The second-order valence-electron chi connectivity index (χ2n) is 8.60. The van der Waals surface area contributed by atoms with E-state index >= 15 is 0 Å². The Morgan fingerprint density at radius 1 is 1.18 bits per heavy atom. The van der Waals surface area contributed by atoms with E-state index in [2.05, 4.69) is 25.3 Å². The summed E-state index contributed by atoms with van der Waals surface area (Å²) in [7, 11) is 0. The van der Waals surface area contributed by atoms with Crippen LogP contribution in [0.15, 0.2) is 24.7 Å². The van der Waals surface area contributed by atoms with E-state index < -0.39 is 11.9 Å². The standard InChI is InChI=1S/C22H24F3N9/c1-2-33-20(13-5-7-15(28-9-13)22(23,24)25)32-17-19(29-11-30-21(17)33)31-14-6-8-16(26)34(10-14)18(27)12-3-4-12/h5,7,9,11-12,14,26-27H,2-4,6,8,10H2,1H3,(H,29,30,31). The van der Waals surface area contributed by atoms with Crippen LogP contribution >= 0.6 is 0 Å². The fourth-order valence-corrected chi connectivity index (χ4v) is 4.26. The first kappa shape index (κ1) is 22.2. The summed E-state index contributed by atoms with van der Waals surface area (Å²) in [5, 5.41) is 20.0. The van der Waals surface area contributed by atoms with Gasteiger partial charge < -0.3 is 14.8 Å². The number of likely N-dealkylation sites (tertiary alicyclic amines) is 1. The summed E-state index contributed by atoms with van der Waals surface area (Å²) in [4.78, 5) is 18.8. The molecule has 1 aliphatic carbocycles. The molecule has 2 fully saturated rings. The molecule has 4 heterocycles. The van der Waals surface area contributed by atoms with Crippen LogP contribution in [0, 0.1) is 16.7 Å². The van der Waals surface area contributed by atoms with Crippen molar-refractivity contribution in [3.8, 4) is 11.4 Å². The van der Waals surface area contributed by atoms with Crippen LogP contribution in [0.5, 0.6) is 0 Å². The zero-order valence-corrected chi connectivity index (χ0v) is 18.5. The highest BCUT2D eigenvalue weighted by molar-refractivity contribution is 6.00. The van der Waals surface area contributed by atoms with Gasteiger partial charge in [0.05, 0.1) is 0 Å². The van der Waals surface area contributed by atoms with Crippen LogP contribution in [0.1, 0.15) is 38.3 Å². The van der Waals surface area contributed by atoms with Crippen LogP contribution in [0.25, 0.3) is 22.6 Å². The molecule has 2 aliphatic rings. The van der Waals surface area contributed by atoms with Crippen molar-refractivity contribution in [1.29, 1.82) is 10.8 Å². The number of rotatable bonds is 5. The van der Waals surface area contributed by atoms with Crippen molar-refractivity contribution in [2.24, 2.45) is 5.92 Å². The fraction of sp³-hybridized carbons (Fsp3) is 0.455. The van der Waals surface area contributed by atoms with Crippen LogP contribution < -0.4 is 5.32 Å². The molecule has 1 unspecified atom stereocenters. The molecular formula is C22H24F3N9. The Labute approximate surface area is 193 Å². The van der Waals surface area contributed by atoms with E-state index in [0.717, 1.165) is 25.3 Å². The van der Waals surface area contributed by atoms with Crippen molar-refractivity contribution < 1.29 is 13.2 Å². The van der Waals surface area contributed by atoms with Gasteiger partial charge in [-0.2, -0.15) is 13.2 Å². The Morgan fingerprint density at radius 3 is 2.62 bits per heavy atom. The smallest absolute Gasteiger partial charge is 0.364 e. The van der Waals surface area contributed by atoms with E-state index in [1.165, 1.54) is 18.6 Å². The first-order valence-electron chi connectivity index (χ1n) is 11.2. The minimum absolute atomic E-state index is 0.0331. The van der Waals surface area contributed by atoms with E-state index in [1.54, 1.807) is 4.90 Å². The Kier molecular flexibility index (Phi) is 5.45. The summed E-state index contributed by atoms with van der Waals surface area (Å²) in [6.07, 6.45) is 1.39. The Hall–Kier alpha value is -3.57. The lowest BCUT2D eigenvalue weighted by molar-refractivity contribution is -0.141. The highest BCUT2D eigenvalue weighted by Crippen LogP contribution is 2.34. The number of alkyl halides is 3. The van der Waals surface area contributed by atoms with Crippen LogP contribution in [-0.2, 0) is 12.7 Å². The van der Waals surface area contributed by atoms with Gasteiger partial charge in [0.2, 0.25) is 0 Å². The number of hydrogen-bond donors (Lipinski definition) is 3. The zero-order chi connectivity index (χ0) is 24.0. The highest BCUT2D eigenvalue weighted by Gasteiger charge is 2.35. The van der Waals surface area contributed by atoms with Gasteiger partial charge >= 0.3 is 6.18 Å². The molecule has 0 bridgehead atoms. The number of pyridine rings is 1. The molecule has 1 saturated heterocycles. The molecule has 1 atom stereocenters. The molecule has 178 valence electrons. The molecule has 0 radical (unpaired) electrons. The summed E-state index contributed by atoms with van der Waals surface area (Å²) in [6.45, 7) is 2.92. The molecule has 1 aliphatic heterocycles. The maximum atomic E-state index is 12.9. The Bertz CT molecular complexity index is 1240. The molecule has 3 N–H and O–H groups in total. The predicted molar refractivity (Wildman–Crippen MR) is 121 cm³/mol. The molecule has 12 heteroatoms. The average Bonchev–Trinajstić information content (AvgIpc) is 3.60. The maximum absolute atomic E-state index is 12.9. The topological polar surface area (TPSA) is 119 Å². The van der Waals surface area contributed by atoms with Crippen LogP contribution in [-0.4, -0.2) is 53.7 Å². The van der Waals surface area contributed by atoms with Gasteiger partial charge in [0.15, 0.2) is 17.0 Å². The summed E-state index contributed by atoms with van der Waals surface area (Å²) >= 11 is 0. The SMILES string of the molecule is CCn1c(-c2ccc(C(F)(F)F)nc2)nc2c(NC3CCC(=N)N(C(=N)C4CC4)C3)ncnc21. The minimum Gasteiger partial charge on any atom is -0.364 e. The lowest BCUT2D eigenvalue weighted by atomic mass is 10.0.